The van der Waals surface area contributed by atoms with Crippen LogP contribution in [0.15, 0.2) is 24.3 Å². The first kappa shape index (κ1) is 18.4. The van der Waals surface area contributed by atoms with E-state index in [9.17, 15) is 14.4 Å². The number of carbonyl (C=O) groups is 3. The van der Waals surface area contributed by atoms with Gasteiger partial charge in [-0.05, 0) is 37.6 Å². The molecule has 2 amide bonds. The molecule has 1 N–H and O–H groups in total. The van der Waals surface area contributed by atoms with Crippen LogP contribution in [0.1, 0.15) is 30.6 Å². The van der Waals surface area contributed by atoms with Gasteiger partial charge < -0.3 is 10.1 Å². The van der Waals surface area contributed by atoms with Crippen LogP contribution in [0.25, 0.3) is 0 Å². The third-order valence-corrected chi connectivity index (χ3v) is 5.11. The highest BCUT2D eigenvalue weighted by Crippen LogP contribution is 2.29. The second-order valence-corrected chi connectivity index (χ2v) is 6.89. The molecule has 1 heterocycles. The van der Waals surface area contributed by atoms with Crippen LogP contribution in [-0.4, -0.2) is 45.4 Å². The van der Waals surface area contributed by atoms with Crippen LogP contribution < -0.4 is 5.32 Å². The first-order chi connectivity index (χ1) is 11.5. The molecule has 1 aliphatic heterocycles. The molecule has 1 saturated heterocycles. The van der Waals surface area contributed by atoms with Crippen molar-refractivity contribution in [3.8, 4) is 0 Å². The topological polar surface area (TPSA) is 75.7 Å². The molecule has 128 valence electrons. The van der Waals surface area contributed by atoms with Gasteiger partial charge in [-0.25, -0.2) is 4.79 Å². The van der Waals surface area contributed by atoms with Crippen molar-refractivity contribution in [2.24, 2.45) is 0 Å². The molecule has 1 unspecified atom stereocenters. The monoisotopic (exact) mass is 366 g/mol. The van der Waals surface area contributed by atoms with Crippen molar-refractivity contribution in [2.45, 2.75) is 25.5 Å². The van der Waals surface area contributed by atoms with Gasteiger partial charge in [0.15, 0.2) is 0 Å². The molecule has 0 radical (unpaired) electrons. The standard InChI is InChI=1S/C16H18N2O4S2/c1-3-12-14(20)18(16(23)24-12)9-13(19)17-11-7-5-10(6-8-11)15(21)22-4-2/h5-8,12H,3-4,9H2,1-2H3,(H,17,19). The number of thioether (sulfide) groups is 1. The van der Waals surface area contributed by atoms with Crippen molar-refractivity contribution in [1.82, 2.24) is 4.90 Å². The third kappa shape index (κ3) is 4.33. The maximum atomic E-state index is 12.1. The van der Waals surface area contributed by atoms with Crippen molar-refractivity contribution in [3.05, 3.63) is 29.8 Å². The molecule has 8 heteroatoms. The number of esters is 1. The molecule has 1 atom stereocenters. The summed E-state index contributed by atoms with van der Waals surface area (Å²) in [5.74, 6) is -0.877. The first-order valence-electron chi connectivity index (χ1n) is 7.55. The molecule has 1 aromatic rings. The van der Waals surface area contributed by atoms with Gasteiger partial charge in [0.2, 0.25) is 11.8 Å². The summed E-state index contributed by atoms with van der Waals surface area (Å²) >= 11 is 6.47. The molecule has 0 aliphatic carbocycles. The van der Waals surface area contributed by atoms with E-state index in [1.807, 2.05) is 6.92 Å². The quantitative estimate of drug-likeness (QED) is 0.616. The molecule has 6 nitrogen and oxygen atoms in total. The summed E-state index contributed by atoms with van der Waals surface area (Å²) in [5.41, 5.74) is 0.943. The minimum atomic E-state index is -0.411. The summed E-state index contributed by atoms with van der Waals surface area (Å²) in [6, 6.07) is 6.36. The molecular formula is C16H18N2O4S2. The molecule has 0 saturated carbocycles. The van der Waals surface area contributed by atoms with Gasteiger partial charge in [-0.15, -0.1) is 0 Å². The first-order valence-corrected chi connectivity index (χ1v) is 8.84. The van der Waals surface area contributed by atoms with Crippen LogP contribution in [0.4, 0.5) is 5.69 Å². The number of carbonyl (C=O) groups excluding carboxylic acids is 3. The van der Waals surface area contributed by atoms with Crippen molar-refractivity contribution >= 4 is 51.8 Å². The number of nitrogens with one attached hydrogen (secondary N) is 1. The van der Waals surface area contributed by atoms with Crippen LogP contribution in [0.3, 0.4) is 0 Å². The summed E-state index contributed by atoms with van der Waals surface area (Å²) in [6.45, 7) is 3.84. The molecule has 1 aromatic carbocycles. The van der Waals surface area contributed by atoms with Crippen molar-refractivity contribution < 1.29 is 19.1 Å². The number of ether oxygens (including phenoxy) is 1. The van der Waals surface area contributed by atoms with Gasteiger partial charge in [0.25, 0.3) is 0 Å². The van der Waals surface area contributed by atoms with E-state index < -0.39 is 5.97 Å². The lowest BCUT2D eigenvalue weighted by atomic mass is 10.2. The van der Waals surface area contributed by atoms with Crippen LogP contribution in [0.5, 0.6) is 0 Å². The molecule has 2 rings (SSSR count). The van der Waals surface area contributed by atoms with Crippen LogP contribution in [0.2, 0.25) is 0 Å². The van der Waals surface area contributed by atoms with E-state index in [1.165, 1.54) is 16.7 Å². The van der Waals surface area contributed by atoms with Crippen molar-refractivity contribution in [1.29, 1.82) is 0 Å². The number of hydrogen-bond acceptors (Lipinski definition) is 6. The average Bonchev–Trinajstić information content (AvgIpc) is 2.83. The van der Waals surface area contributed by atoms with E-state index in [4.69, 9.17) is 17.0 Å². The lowest BCUT2D eigenvalue weighted by molar-refractivity contribution is -0.129. The zero-order chi connectivity index (χ0) is 17.7. The fourth-order valence-electron chi connectivity index (χ4n) is 2.15. The van der Waals surface area contributed by atoms with E-state index in [1.54, 1.807) is 31.2 Å². The number of rotatable bonds is 6. The molecule has 1 aliphatic rings. The Bertz CT molecular complexity index is 661. The van der Waals surface area contributed by atoms with E-state index in [2.05, 4.69) is 5.32 Å². The summed E-state index contributed by atoms with van der Waals surface area (Å²) in [4.78, 5) is 37.1. The number of nitrogens with zero attached hydrogens (tertiary/aromatic N) is 1. The van der Waals surface area contributed by atoms with Crippen LogP contribution in [-0.2, 0) is 14.3 Å². The summed E-state index contributed by atoms with van der Waals surface area (Å²) in [6.07, 6.45) is 0.678. The Morgan fingerprint density at radius 2 is 1.96 bits per heavy atom. The Morgan fingerprint density at radius 1 is 1.29 bits per heavy atom. The van der Waals surface area contributed by atoms with E-state index >= 15 is 0 Å². The Morgan fingerprint density at radius 3 is 2.50 bits per heavy atom. The summed E-state index contributed by atoms with van der Waals surface area (Å²) in [5, 5.41) is 2.49. The zero-order valence-corrected chi connectivity index (χ0v) is 15.0. The number of anilines is 1. The Labute approximate surface area is 149 Å². The molecule has 0 bridgehead atoms. The second kappa shape index (κ2) is 8.25. The normalized spacial score (nSPS) is 17.1. The summed E-state index contributed by atoms with van der Waals surface area (Å²) in [7, 11) is 0. The SMILES string of the molecule is CCOC(=O)c1ccc(NC(=O)CN2C(=O)C(CC)SC2=S)cc1. The minimum Gasteiger partial charge on any atom is -0.462 e. The third-order valence-electron chi connectivity index (χ3n) is 3.36. The van der Waals surface area contributed by atoms with Gasteiger partial charge in [-0.1, -0.05) is 30.9 Å². The maximum absolute atomic E-state index is 12.1. The highest BCUT2D eigenvalue weighted by Gasteiger charge is 2.36. The lowest BCUT2D eigenvalue weighted by Crippen LogP contribution is -2.38. The number of hydrogen-bond donors (Lipinski definition) is 1. The van der Waals surface area contributed by atoms with Gasteiger partial charge in [0.05, 0.1) is 17.4 Å². The second-order valence-electron chi connectivity index (χ2n) is 5.05. The fraction of sp³-hybridized carbons (Fsp3) is 0.375. The molecular weight excluding hydrogens is 348 g/mol. The predicted octanol–water partition coefficient (Wildman–Crippen LogP) is 2.44. The van der Waals surface area contributed by atoms with Gasteiger partial charge >= 0.3 is 5.97 Å². The largest absolute Gasteiger partial charge is 0.462 e. The van der Waals surface area contributed by atoms with Crippen LogP contribution in [0, 0.1) is 0 Å². The van der Waals surface area contributed by atoms with Crippen molar-refractivity contribution in [2.75, 3.05) is 18.5 Å². The molecule has 1 fully saturated rings. The molecule has 0 aromatic heterocycles. The Balaban J connectivity index is 1.94. The number of benzene rings is 1. The van der Waals surface area contributed by atoms with Gasteiger partial charge in [0.1, 0.15) is 10.9 Å². The van der Waals surface area contributed by atoms with E-state index in [0.717, 1.165) is 0 Å². The Hall–Kier alpha value is -1.93. The van der Waals surface area contributed by atoms with Gasteiger partial charge in [-0.2, -0.15) is 0 Å². The predicted molar refractivity (Wildman–Crippen MR) is 97.0 cm³/mol. The van der Waals surface area contributed by atoms with Gasteiger partial charge in [-0.3, -0.25) is 14.5 Å². The minimum absolute atomic E-state index is 0.110. The lowest BCUT2D eigenvalue weighted by Gasteiger charge is -2.15. The number of thiocarbonyl (C=S) groups is 1. The molecule has 24 heavy (non-hydrogen) atoms. The highest BCUT2D eigenvalue weighted by atomic mass is 32.2. The van der Waals surface area contributed by atoms with Gasteiger partial charge in [0, 0.05) is 5.69 Å². The fourth-order valence-corrected chi connectivity index (χ4v) is 3.57. The average molecular weight is 366 g/mol. The maximum Gasteiger partial charge on any atom is 0.338 e. The Kier molecular flexibility index (Phi) is 6.33. The highest BCUT2D eigenvalue weighted by molar-refractivity contribution is 8.24. The van der Waals surface area contributed by atoms with Crippen molar-refractivity contribution in [3.63, 3.8) is 0 Å². The molecule has 0 spiro atoms. The summed E-state index contributed by atoms with van der Waals surface area (Å²) < 4.78 is 5.32. The smallest absolute Gasteiger partial charge is 0.338 e. The van der Waals surface area contributed by atoms with Crippen LogP contribution >= 0.6 is 24.0 Å². The van der Waals surface area contributed by atoms with E-state index in [-0.39, 0.29) is 23.6 Å². The zero-order valence-electron chi connectivity index (χ0n) is 13.4. The number of amides is 2. The van der Waals surface area contributed by atoms with E-state index in [0.29, 0.717) is 28.6 Å².